The molecule has 0 radical (unpaired) electrons. The summed E-state index contributed by atoms with van der Waals surface area (Å²) in [6.45, 7) is 7.49. The molecule has 1 saturated heterocycles. The zero-order valence-corrected chi connectivity index (χ0v) is 14.1. The first-order chi connectivity index (χ1) is 10.8. The molecule has 1 aromatic rings. The van der Waals surface area contributed by atoms with Crippen molar-refractivity contribution in [3.63, 3.8) is 0 Å². The first-order valence-corrected chi connectivity index (χ1v) is 8.73. The fourth-order valence-electron chi connectivity index (χ4n) is 2.87. The fraction of sp³-hybridized carbons (Fsp3) is 0.667. The highest BCUT2D eigenvalue weighted by atomic mass is 15.2. The normalized spacial score (nSPS) is 16.2. The number of unbranched alkanes of at least 4 members (excludes halogenated alkanes) is 3. The van der Waals surface area contributed by atoms with E-state index in [2.05, 4.69) is 46.4 Å². The lowest BCUT2D eigenvalue weighted by Gasteiger charge is -2.34. The van der Waals surface area contributed by atoms with Crippen molar-refractivity contribution in [3.8, 4) is 0 Å². The Bertz CT molecular complexity index is 396. The Hall–Kier alpha value is -1.10. The van der Waals surface area contributed by atoms with Gasteiger partial charge in [-0.1, -0.05) is 25.0 Å². The molecule has 0 bridgehead atoms. The van der Waals surface area contributed by atoms with Crippen LogP contribution < -0.4 is 16.0 Å². The van der Waals surface area contributed by atoms with E-state index >= 15 is 0 Å². The minimum absolute atomic E-state index is 0.826. The van der Waals surface area contributed by atoms with Crippen LogP contribution in [0, 0.1) is 0 Å². The second kappa shape index (κ2) is 9.82. The summed E-state index contributed by atoms with van der Waals surface area (Å²) in [6.07, 6.45) is 4.96. The van der Waals surface area contributed by atoms with E-state index in [0.29, 0.717) is 0 Å². The lowest BCUT2D eigenvalue weighted by molar-refractivity contribution is 0.313. The molecule has 0 amide bonds. The van der Waals surface area contributed by atoms with E-state index in [0.717, 1.165) is 52.2 Å². The molecule has 0 saturated carbocycles. The van der Waals surface area contributed by atoms with Crippen molar-refractivity contribution in [2.45, 2.75) is 32.2 Å². The van der Waals surface area contributed by atoms with Gasteiger partial charge in [0.1, 0.15) is 0 Å². The predicted octanol–water partition coefficient (Wildman–Crippen LogP) is 2.05. The standard InChI is InChI=1S/C18H32N4/c1-21-12-14-22(15-13-21)18-8-6-17(7-9-18)16-20-11-5-3-2-4-10-19/h6-9,20H,2-5,10-16,19H2,1H3. The van der Waals surface area contributed by atoms with Crippen LogP contribution in [-0.2, 0) is 6.54 Å². The summed E-state index contributed by atoms with van der Waals surface area (Å²) in [5.41, 5.74) is 8.23. The number of hydrogen-bond acceptors (Lipinski definition) is 4. The third-order valence-corrected chi connectivity index (χ3v) is 4.44. The van der Waals surface area contributed by atoms with Gasteiger partial charge in [-0.05, 0) is 50.7 Å². The smallest absolute Gasteiger partial charge is 0.0367 e. The molecule has 4 nitrogen and oxygen atoms in total. The van der Waals surface area contributed by atoms with Crippen LogP contribution in [0.1, 0.15) is 31.2 Å². The molecule has 0 aromatic heterocycles. The number of piperazine rings is 1. The zero-order chi connectivity index (χ0) is 15.6. The van der Waals surface area contributed by atoms with Crippen molar-refractivity contribution < 1.29 is 0 Å². The number of likely N-dealkylation sites (N-methyl/N-ethyl adjacent to an activating group) is 1. The Balaban J connectivity index is 1.64. The predicted molar refractivity (Wildman–Crippen MR) is 95.4 cm³/mol. The quantitative estimate of drug-likeness (QED) is 0.685. The average molecular weight is 304 g/mol. The van der Waals surface area contributed by atoms with Crippen molar-refractivity contribution in [1.29, 1.82) is 0 Å². The highest BCUT2D eigenvalue weighted by Gasteiger charge is 2.13. The Kier molecular flexibility index (Phi) is 7.71. The summed E-state index contributed by atoms with van der Waals surface area (Å²) >= 11 is 0. The third kappa shape index (κ3) is 5.95. The maximum Gasteiger partial charge on any atom is 0.0367 e. The van der Waals surface area contributed by atoms with Crippen molar-refractivity contribution in [2.75, 3.05) is 51.2 Å². The SMILES string of the molecule is CN1CCN(c2ccc(CNCCCCCCN)cc2)CC1. The summed E-state index contributed by atoms with van der Waals surface area (Å²) < 4.78 is 0. The molecule has 0 unspecified atom stereocenters. The molecule has 3 N–H and O–H groups in total. The van der Waals surface area contributed by atoms with Crippen LogP contribution in [0.4, 0.5) is 5.69 Å². The van der Waals surface area contributed by atoms with Crippen molar-refractivity contribution in [3.05, 3.63) is 29.8 Å². The molecule has 1 aliphatic heterocycles. The van der Waals surface area contributed by atoms with Crippen LogP contribution in [0.5, 0.6) is 0 Å². The lowest BCUT2D eigenvalue weighted by Crippen LogP contribution is -2.44. The number of hydrogen-bond donors (Lipinski definition) is 2. The number of benzene rings is 1. The van der Waals surface area contributed by atoms with E-state index in [4.69, 9.17) is 5.73 Å². The largest absolute Gasteiger partial charge is 0.369 e. The lowest BCUT2D eigenvalue weighted by atomic mass is 10.1. The van der Waals surface area contributed by atoms with Gasteiger partial charge in [-0.3, -0.25) is 0 Å². The Morgan fingerprint density at radius 2 is 1.64 bits per heavy atom. The molecule has 22 heavy (non-hydrogen) atoms. The molecule has 2 rings (SSSR count). The molecule has 0 spiro atoms. The molecule has 4 heteroatoms. The second-order valence-electron chi connectivity index (χ2n) is 6.34. The molecule has 1 fully saturated rings. The average Bonchev–Trinajstić information content (AvgIpc) is 2.55. The van der Waals surface area contributed by atoms with Gasteiger partial charge in [0.05, 0.1) is 0 Å². The summed E-state index contributed by atoms with van der Waals surface area (Å²) in [5.74, 6) is 0. The zero-order valence-electron chi connectivity index (χ0n) is 14.1. The maximum absolute atomic E-state index is 5.50. The maximum atomic E-state index is 5.50. The van der Waals surface area contributed by atoms with Gasteiger partial charge in [-0.2, -0.15) is 0 Å². The van der Waals surface area contributed by atoms with E-state index < -0.39 is 0 Å². The summed E-state index contributed by atoms with van der Waals surface area (Å²) in [7, 11) is 2.20. The fourth-order valence-corrected chi connectivity index (χ4v) is 2.87. The molecular formula is C18H32N4. The minimum atomic E-state index is 0.826. The van der Waals surface area contributed by atoms with Crippen LogP contribution in [0.2, 0.25) is 0 Å². The number of rotatable bonds is 9. The Morgan fingerprint density at radius 3 is 2.32 bits per heavy atom. The van der Waals surface area contributed by atoms with Crippen LogP contribution >= 0.6 is 0 Å². The molecular weight excluding hydrogens is 272 g/mol. The first-order valence-electron chi connectivity index (χ1n) is 8.73. The summed E-state index contributed by atoms with van der Waals surface area (Å²) in [5, 5.41) is 3.53. The van der Waals surface area contributed by atoms with E-state index in [9.17, 15) is 0 Å². The molecule has 1 heterocycles. The second-order valence-corrected chi connectivity index (χ2v) is 6.34. The van der Waals surface area contributed by atoms with E-state index in [-0.39, 0.29) is 0 Å². The monoisotopic (exact) mass is 304 g/mol. The van der Waals surface area contributed by atoms with Crippen LogP contribution in [0.15, 0.2) is 24.3 Å². The van der Waals surface area contributed by atoms with E-state index in [1.165, 1.54) is 30.5 Å². The van der Waals surface area contributed by atoms with Crippen molar-refractivity contribution >= 4 is 5.69 Å². The minimum Gasteiger partial charge on any atom is -0.369 e. The van der Waals surface area contributed by atoms with Gasteiger partial charge >= 0.3 is 0 Å². The molecule has 0 aliphatic carbocycles. The van der Waals surface area contributed by atoms with Crippen LogP contribution in [-0.4, -0.2) is 51.2 Å². The van der Waals surface area contributed by atoms with Gasteiger partial charge in [0.15, 0.2) is 0 Å². The molecule has 1 aromatic carbocycles. The number of nitrogens with one attached hydrogen (secondary N) is 1. The molecule has 1 aliphatic rings. The highest BCUT2D eigenvalue weighted by Crippen LogP contribution is 2.17. The highest BCUT2D eigenvalue weighted by molar-refractivity contribution is 5.48. The van der Waals surface area contributed by atoms with Gasteiger partial charge in [0, 0.05) is 38.4 Å². The molecule has 124 valence electrons. The number of anilines is 1. The van der Waals surface area contributed by atoms with E-state index in [1.54, 1.807) is 0 Å². The molecule has 0 atom stereocenters. The van der Waals surface area contributed by atoms with Crippen LogP contribution in [0.25, 0.3) is 0 Å². The van der Waals surface area contributed by atoms with Gasteiger partial charge in [-0.25, -0.2) is 0 Å². The van der Waals surface area contributed by atoms with Gasteiger partial charge < -0.3 is 20.9 Å². The van der Waals surface area contributed by atoms with Gasteiger partial charge in [0.25, 0.3) is 0 Å². The Labute approximate surface area is 135 Å². The topological polar surface area (TPSA) is 44.5 Å². The Morgan fingerprint density at radius 1 is 0.955 bits per heavy atom. The first kappa shape index (κ1) is 17.3. The van der Waals surface area contributed by atoms with Crippen molar-refractivity contribution in [1.82, 2.24) is 10.2 Å². The summed E-state index contributed by atoms with van der Waals surface area (Å²) in [4.78, 5) is 4.87. The van der Waals surface area contributed by atoms with Crippen LogP contribution in [0.3, 0.4) is 0 Å². The van der Waals surface area contributed by atoms with Crippen molar-refractivity contribution in [2.24, 2.45) is 5.73 Å². The number of nitrogens with two attached hydrogens (primary N) is 1. The van der Waals surface area contributed by atoms with E-state index in [1.807, 2.05) is 0 Å². The van der Waals surface area contributed by atoms with Gasteiger partial charge in [0.2, 0.25) is 0 Å². The summed E-state index contributed by atoms with van der Waals surface area (Å²) in [6, 6.07) is 9.05. The number of nitrogens with zero attached hydrogens (tertiary/aromatic N) is 2. The van der Waals surface area contributed by atoms with Gasteiger partial charge in [-0.15, -0.1) is 0 Å². The third-order valence-electron chi connectivity index (χ3n) is 4.44.